The second kappa shape index (κ2) is 5.40. The first kappa shape index (κ1) is 14.5. The molecule has 0 amide bonds. The predicted molar refractivity (Wildman–Crippen MR) is 66.6 cm³/mol. The summed E-state index contributed by atoms with van der Waals surface area (Å²) in [6, 6.07) is 4.22. The van der Waals surface area contributed by atoms with E-state index in [1.807, 2.05) is 13.8 Å². The van der Waals surface area contributed by atoms with Gasteiger partial charge < -0.3 is 4.57 Å². The molecular formula is C9H12O5P2S. The van der Waals surface area contributed by atoms with Crippen LogP contribution in [0.1, 0.15) is 25.3 Å². The molecule has 0 aromatic heterocycles. The van der Waals surface area contributed by atoms with E-state index in [1.165, 1.54) is 12.1 Å². The van der Waals surface area contributed by atoms with Crippen LogP contribution >= 0.6 is 15.6 Å². The summed E-state index contributed by atoms with van der Waals surface area (Å²) in [6.45, 7) is 3.72. The van der Waals surface area contributed by atoms with E-state index < -0.39 is 30.7 Å². The minimum atomic E-state index is -4.46. The third-order valence-electron chi connectivity index (χ3n) is 2.26. The van der Waals surface area contributed by atoms with Gasteiger partial charge in [-0.3, -0.25) is 9.12 Å². The SMILES string of the molecule is CC(C)c1ccc([PH](=O)P=O)c(S(=O)(=O)O)c1. The van der Waals surface area contributed by atoms with Crippen molar-refractivity contribution in [2.75, 3.05) is 0 Å². The first-order valence-electron chi connectivity index (χ1n) is 4.76. The van der Waals surface area contributed by atoms with Gasteiger partial charge in [-0.05, 0) is 23.6 Å². The van der Waals surface area contributed by atoms with Crippen molar-refractivity contribution < 1.29 is 22.1 Å². The molecule has 5 nitrogen and oxygen atoms in total. The second-order valence-electron chi connectivity index (χ2n) is 3.78. The molecule has 1 rings (SSSR count). The molecule has 1 aromatic rings. The summed E-state index contributed by atoms with van der Waals surface area (Å²) in [7, 11) is -7.83. The second-order valence-corrected chi connectivity index (χ2v) is 8.27. The Kier molecular flexibility index (Phi) is 4.62. The quantitative estimate of drug-likeness (QED) is 0.680. The largest absolute Gasteiger partial charge is 0.309 e. The Morgan fingerprint density at radius 1 is 1.35 bits per heavy atom. The fourth-order valence-electron chi connectivity index (χ4n) is 1.34. The van der Waals surface area contributed by atoms with E-state index in [9.17, 15) is 17.5 Å². The van der Waals surface area contributed by atoms with Gasteiger partial charge in [0.15, 0.2) is 7.49 Å². The van der Waals surface area contributed by atoms with Gasteiger partial charge in [-0.25, -0.2) is 0 Å². The van der Waals surface area contributed by atoms with Crippen LogP contribution in [0, 0.1) is 0 Å². The summed E-state index contributed by atoms with van der Waals surface area (Å²) >= 11 is 0. The smallest absolute Gasteiger partial charge is 0.295 e. The minimum Gasteiger partial charge on any atom is -0.309 e. The molecule has 0 saturated carbocycles. The van der Waals surface area contributed by atoms with Crippen molar-refractivity contribution in [1.82, 2.24) is 0 Å². The van der Waals surface area contributed by atoms with E-state index in [4.69, 9.17) is 4.55 Å². The first-order valence-corrected chi connectivity index (χ1v) is 9.26. The Morgan fingerprint density at radius 3 is 2.35 bits per heavy atom. The highest BCUT2D eigenvalue weighted by Gasteiger charge is 2.20. The molecule has 1 atom stereocenters. The van der Waals surface area contributed by atoms with E-state index >= 15 is 0 Å². The van der Waals surface area contributed by atoms with Crippen molar-refractivity contribution in [3.63, 3.8) is 0 Å². The maximum atomic E-state index is 11.4. The molecule has 0 aliphatic rings. The molecule has 8 heteroatoms. The Hall–Kier alpha value is -0.540. The fraction of sp³-hybridized carbons (Fsp3) is 0.333. The van der Waals surface area contributed by atoms with Gasteiger partial charge in [0.2, 0.25) is 8.15 Å². The Morgan fingerprint density at radius 2 is 1.94 bits per heavy atom. The molecule has 0 saturated heterocycles. The predicted octanol–water partition coefficient (Wildman–Crippen LogP) is 2.45. The van der Waals surface area contributed by atoms with Gasteiger partial charge in [-0.2, -0.15) is 8.42 Å². The van der Waals surface area contributed by atoms with Crippen LogP contribution in [0.3, 0.4) is 0 Å². The average molecular weight is 294 g/mol. The van der Waals surface area contributed by atoms with Crippen molar-refractivity contribution in [1.29, 1.82) is 0 Å². The van der Waals surface area contributed by atoms with Gasteiger partial charge in [0.05, 0.1) is 0 Å². The number of hydrogen-bond donors (Lipinski definition) is 1. The average Bonchev–Trinajstić information content (AvgIpc) is 2.26. The molecule has 0 spiro atoms. The summed E-state index contributed by atoms with van der Waals surface area (Å²) in [5.74, 6) is 0.0664. The summed E-state index contributed by atoms with van der Waals surface area (Å²) < 4.78 is 53.4. The van der Waals surface area contributed by atoms with Crippen LogP contribution in [0.25, 0.3) is 0 Å². The van der Waals surface area contributed by atoms with Gasteiger partial charge >= 0.3 is 0 Å². The van der Waals surface area contributed by atoms with Crippen LogP contribution < -0.4 is 5.30 Å². The van der Waals surface area contributed by atoms with Crippen LogP contribution in [0.2, 0.25) is 0 Å². The summed E-state index contributed by atoms with van der Waals surface area (Å²) in [5.41, 5.74) is 0.693. The molecule has 0 fully saturated rings. The fourth-order valence-corrected chi connectivity index (χ4v) is 4.35. The van der Waals surface area contributed by atoms with E-state index in [2.05, 4.69) is 0 Å². The van der Waals surface area contributed by atoms with E-state index in [1.54, 1.807) is 6.07 Å². The van der Waals surface area contributed by atoms with Gasteiger partial charge in [0.1, 0.15) is 4.90 Å². The van der Waals surface area contributed by atoms with E-state index in [0.717, 1.165) is 0 Å². The maximum absolute atomic E-state index is 11.4. The number of rotatable bonds is 4. The Bertz CT molecular complexity index is 565. The van der Waals surface area contributed by atoms with Gasteiger partial charge in [-0.15, -0.1) is 0 Å². The highest BCUT2D eigenvalue weighted by molar-refractivity contribution is 8.13. The lowest BCUT2D eigenvalue weighted by atomic mass is 10.0. The number of benzene rings is 1. The van der Waals surface area contributed by atoms with Crippen LogP contribution in [-0.2, 0) is 19.2 Å². The summed E-state index contributed by atoms with van der Waals surface area (Å²) in [4.78, 5) is -0.420. The molecule has 0 radical (unpaired) electrons. The maximum Gasteiger partial charge on any atom is 0.295 e. The van der Waals surface area contributed by atoms with Crippen LogP contribution in [0.4, 0.5) is 0 Å². The third-order valence-corrected chi connectivity index (χ3v) is 5.62. The lowest BCUT2D eigenvalue weighted by Crippen LogP contribution is -2.12. The first-order chi connectivity index (χ1) is 7.77. The van der Waals surface area contributed by atoms with Gasteiger partial charge in [-0.1, -0.05) is 19.9 Å². The van der Waals surface area contributed by atoms with Gasteiger partial charge in [0.25, 0.3) is 10.1 Å². The van der Waals surface area contributed by atoms with Crippen molar-refractivity contribution in [2.24, 2.45) is 0 Å². The highest BCUT2D eigenvalue weighted by Crippen LogP contribution is 2.37. The molecule has 1 N–H and O–H groups in total. The van der Waals surface area contributed by atoms with Crippen molar-refractivity contribution in [2.45, 2.75) is 24.7 Å². The minimum absolute atomic E-state index is 0.0664. The Balaban J connectivity index is 3.53. The molecule has 0 bridgehead atoms. The van der Waals surface area contributed by atoms with Gasteiger partial charge in [0, 0.05) is 5.30 Å². The lowest BCUT2D eigenvalue weighted by Gasteiger charge is -2.09. The zero-order valence-electron chi connectivity index (χ0n) is 9.25. The van der Waals surface area contributed by atoms with Crippen LogP contribution in [0.15, 0.2) is 23.1 Å². The normalized spacial score (nSPS) is 14.1. The molecule has 17 heavy (non-hydrogen) atoms. The van der Waals surface area contributed by atoms with E-state index in [-0.39, 0.29) is 11.2 Å². The molecular weight excluding hydrogens is 282 g/mol. The van der Waals surface area contributed by atoms with Crippen molar-refractivity contribution >= 4 is 31.1 Å². The molecule has 94 valence electrons. The molecule has 0 heterocycles. The molecule has 1 aromatic carbocycles. The standard InChI is InChI=1S/C9H12O5P2S/c1-6(2)7-3-4-8(16(11)15-10)9(5-7)17(12,13)14/h3-6,16H,1-2H3,(H,12,13,14). The van der Waals surface area contributed by atoms with Crippen molar-refractivity contribution in [3.05, 3.63) is 23.8 Å². The van der Waals surface area contributed by atoms with Crippen molar-refractivity contribution in [3.8, 4) is 0 Å². The van der Waals surface area contributed by atoms with E-state index in [0.29, 0.717) is 5.56 Å². The molecule has 0 aliphatic carbocycles. The third kappa shape index (κ3) is 3.46. The lowest BCUT2D eigenvalue weighted by molar-refractivity contribution is 0.483. The summed E-state index contributed by atoms with van der Waals surface area (Å²) in [6.07, 6.45) is 0. The Labute approximate surface area is 102 Å². The van der Waals surface area contributed by atoms with Crippen LogP contribution in [-0.4, -0.2) is 13.0 Å². The highest BCUT2D eigenvalue weighted by atomic mass is 32.2. The zero-order chi connectivity index (χ0) is 13.2. The zero-order valence-corrected chi connectivity index (χ0v) is 12.0. The summed E-state index contributed by atoms with van der Waals surface area (Å²) in [5, 5.41) is -0.0847. The molecule has 0 aliphatic heterocycles. The topological polar surface area (TPSA) is 88.5 Å². The van der Waals surface area contributed by atoms with Crippen LogP contribution in [0.5, 0.6) is 0 Å². The monoisotopic (exact) mass is 294 g/mol. The molecule has 1 unspecified atom stereocenters. The number of hydrogen-bond acceptors (Lipinski definition) is 4.